The van der Waals surface area contributed by atoms with Gasteiger partial charge in [-0.1, -0.05) is 38.6 Å². The van der Waals surface area contributed by atoms with Crippen LogP contribution < -0.4 is 11.1 Å². The van der Waals surface area contributed by atoms with Crippen LogP contribution in [-0.4, -0.2) is 11.9 Å². The molecule has 1 heterocycles. The summed E-state index contributed by atoms with van der Waals surface area (Å²) in [7, 11) is 0. The van der Waals surface area contributed by atoms with Crippen molar-refractivity contribution in [3.05, 3.63) is 42.7 Å². The first-order valence-corrected chi connectivity index (χ1v) is 6.71. The molecule has 4 nitrogen and oxygen atoms in total. The third-order valence-electron chi connectivity index (χ3n) is 3.12. The average molecular weight is 272 g/mol. The lowest BCUT2D eigenvalue weighted by atomic mass is 10.0. The van der Waals surface area contributed by atoms with Crippen LogP contribution >= 0.6 is 0 Å². The number of hydrogen-bond donors (Lipinski definition) is 2. The SMILES string of the molecule is C=C(NC(CC(C)C)C(N)=O)c1cc2ccccc2o1. The fourth-order valence-electron chi connectivity index (χ4n) is 2.13. The van der Waals surface area contributed by atoms with Crippen molar-refractivity contribution in [1.29, 1.82) is 0 Å². The van der Waals surface area contributed by atoms with Gasteiger partial charge in [-0.15, -0.1) is 0 Å². The maximum Gasteiger partial charge on any atom is 0.239 e. The van der Waals surface area contributed by atoms with E-state index in [2.05, 4.69) is 11.9 Å². The van der Waals surface area contributed by atoms with E-state index in [9.17, 15) is 4.79 Å². The monoisotopic (exact) mass is 272 g/mol. The van der Waals surface area contributed by atoms with Crippen LogP contribution in [0.2, 0.25) is 0 Å². The average Bonchev–Trinajstić information content (AvgIpc) is 2.81. The van der Waals surface area contributed by atoms with Gasteiger partial charge in [-0.3, -0.25) is 4.79 Å². The molecule has 0 bridgehead atoms. The number of fused-ring (bicyclic) bond motifs is 1. The van der Waals surface area contributed by atoms with Gasteiger partial charge in [0, 0.05) is 5.39 Å². The number of carbonyl (C=O) groups excluding carboxylic acids is 1. The van der Waals surface area contributed by atoms with Gasteiger partial charge in [-0.2, -0.15) is 0 Å². The molecule has 0 radical (unpaired) electrons. The van der Waals surface area contributed by atoms with E-state index in [0.29, 0.717) is 23.8 Å². The summed E-state index contributed by atoms with van der Waals surface area (Å²) in [5.41, 5.74) is 6.78. The van der Waals surface area contributed by atoms with E-state index in [4.69, 9.17) is 10.2 Å². The minimum absolute atomic E-state index is 0.364. The van der Waals surface area contributed by atoms with Crippen molar-refractivity contribution in [3.8, 4) is 0 Å². The third kappa shape index (κ3) is 3.20. The van der Waals surface area contributed by atoms with Crippen LogP contribution in [0.4, 0.5) is 0 Å². The van der Waals surface area contributed by atoms with Crippen molar-refractivity contribution in [2.24, 2.45) is 11.7 Å². The molecule has 1 atom stereocenters. The Kier molecular flexibility index (Phi) is 4.13. The molecule has 4 heteroatoms. The zero-order valence-corrected chi connectivity index (χ0v) is 11.8. The summed E-state index contributed by atoms with van der Waals surface area (Å²) in [6, 6.07) is 9.19. The van der Waals surface area contributed by atoms with Gasteiger partial charge in [0.1, 0.15) is 11.6 Å². The number of para-hydroxylation sites is 1. The summed E-state index contributed by atoms with van der Waals surface area (Å²) < 4.78 is 5.70. The Morgan fingerprint density at radius 2 is 2.10 bits per heavy atom. The van der Waals surface area contributed by atoms with Gasteiger partial charge in [0.25, 0.3) is 0 Å². The quantitative estimate of drug-likeness (QED) is 0.849. The van der Waals surface area contributed by atoms with E-state index < -0.39 is 6.04 Å². The molecule has 20 heavy (non-hydrogen) atoms. The summed E-state index contributed by atoms with van der Waals surface area (Å²) in [5, 5.41) is 4.07. The first-order chi connectivity index (χ1) is 9.47. The maximum absolute atomic E-state index is 11.5. The van der Waals surface area contributed by atoms with Gasteiger partial charge in [0.15, 0.2) is 5.76 Å². The van der Waals surface area contributed by atoms with Crippen molar-refractivity contribution in [2.45, 2.75) is 26.3 Å². The van der Waals surface area contributed by atoms with Crippen LogP contribution in [0.15, 0.2) is 41.3 Å². The Morgan fingerprint density at radius 3 is 2.70 bits per heavy atom. The number of amides is 1. The number of rotatable bonds is 6. The molecule has 1 unspecified atom stereocenters. The highest BCUT2D eigenvalue weighted by atomic mass is 16.3. The van der Waals surface area contributed by atoms with Crippen molar-refractivity contribution >= 4 is 22.6 Å². The molecule has 1 aromatic carbocycles. The number of primary amides is 1. The molecule has 0 aliphatic rings. The van der Waals surface area contributed by atoms with Crippen LogP contribution in [-0.2, 0) is 4.79 Å². The molecule has 0 aliphatic carbocycles. The van der Waals surface area contributed by atoms with Gasteiger partial charge < -0.3 is 15.5 Å². The second kappa shape index (κ2) is 5.82. The van der Waals surface area contributed by atoms with Crippen molar-refractivity contribution in [2.75, 3.05) is 0 Å². The minimum Gasteiger partial charge on any atom is -0.455 e. The molecule has 3 N–H and O–H groups in total. The van der Waals surface area contributed by atoms with Crippen molar-refractivity contribution in [3.63, 3.8) is 0 Å². The molecule has 2 aromatic rings. The molecule has 0 fully saturated rings. The highest BCUT2D eigenvalue weighted by Crippen LogP contribution is 2.23. The predicted octanol–water partition coefficient (Wildman–Crippen LogP) is 2.89. The van der Waals surface area contributed by atoms with Gasteiger partial charge in [-0.05, 0) is 24.5 Å². The lowest BCUT2D eigenvalue weighted by molar-refractivity contribution is -0.120. The maximum atomic E-state index is 11.5. The Hall–Kier alpha value is -2.23. The van der Waals surface area contributed by atoms with Crippen molar-refractivity contribution < 1.29 is 9.21 Å². The van der Waals surface area contributed by atoms with Crippen LogP contribution in [0.5, 0.6) is 0 Å². The smallest absolute Gasteiger partial charge is 0.239 e. The van der Waals surface area contributed by atoms with Gasteiger partial charge in [-0.25, -0.2) is 0 Å². The van der Waals surface area contributed by atoms with E-state index in [1.165, 1.54) is 0 Å². The topological polar surface area (TPSA) is 68.3 Å². The van der Waals surface area contributed by atoms with Gasteiger partial charge in [0.05, 0.1) is 5.70 Å². The minimum atomic E-state index is -0.435. The normalized spacial score (nSPS) is 12.6. The number of carbonyl (C=O) groups is 1. The lowest BCUT2D eigenvalue weighted by Crippen LogP contribution is -2.41. The second-order valence-corrected chi connectivity index (χ2v) is 5.36. The summed E-state index contributed by atoms with van der Waals surface area (Å²) in [4.78, 5) is 11.5. The molecular weight excluding hydrogens is 252 g/mol. The Bertz CT molecular complexity index is 595. The van der Waals surface area contributed by atoms with E-state index in [1.54, 1.807) is 0 Å². The molecular formula is C16H20N2O2. The Morgan fingerprint density at radius 1 is 1.40 bits per heavy atom. The molecule has 0 saturated heterocycles. The summed E-state index contributed by atoms with van der Waals surface area (Å²) in [5.74, 6) is 0.612. The predicted molar refractivity (Wildman–Crippen MR) is 80.8 cm³/mol. The highest BCUT2D eigenvalue weighted by molar-refractivity contribution is 5.84. The summed E-state index contributed by atoms with van der Waals surface area (Å²) >= 11 is 0. The van der Waals surface area contributed by atoms with Crippen LogP contribution in [0.3, 0.4) is 0 Å². The molecule has 1 amide bonds. The molecule has 0 spiro atoms. The molecule has 0 saturated carbocycles. The second-order valence-electron chi connectivity index (χ2n) is 5.36. The zero-order valence-electron chi connectivity index (χ0n) is 11.8. The highest BCUT2D eigenvalue weighted by Gasteiger charge is 2.18. The summed E-state index contributed by atoms with van der Waals surface area (Å²) in [6.45, 7) is 8.02. The van der Waals surface area contributed by atoms with Gasteiger partial charge >= 0.3 is 0 Å². The first-order valence-electron chi connectivity index (χ1n) is 6.71. The standard InChI is InChI=1S/C16H20N2O2/c1-10(2)8-13(16(17)19)18-11(3)15-9-12-6-4-5-7-14(12)20-15/h4-7,9-10,13,18H,3,8H2,1-2H3,(H2,17,19). The van der Waals surface area contributed by atoms with Crippen LogP contribution in [0.1, 0.15) is 26.0 Å². The van der Waals surface area contributed by atoms with Crippen LogP contribution in [0, 0.1) is 5.92 Å². The van der Waals surface area contributed by atoms with Crippen LogP contribution in [0.25, 0.3) is 16.7 Å². The summed E-state index contributed by atoms with van der Waals surface area (Å²) in [6.07, 6.45) is 0.661. The van der Waals surface area contributed by atoms with Gasteiger partial charge in [0.2, 0.25) is 5.91 Å². The van der Waals surface area contributed by atoms with Crippen molar-refractivity contribution in [1.82, 2.24) is 5.32 Å². The largest absolute Gasteiger partial charge is 0.455 e. The number of nitrogens with two attached hydrogens (primary N) is 1. The number of furan rings is 1. The molecule has 0 aliphatic heterocycles. The van der Waals surface area contributed by atoms with E-state index in [0.717, 1.165) is 11.0 Å². The Labute approximate surface area is 118 Å². The fourth-order valence-corrected chi connectivity index (χ4v) is 2.13. The zero-order chi connectivity index (χ0) is 14.7. The lowest BCUT2D eigenvalue weighted by Gasteiger charge is -2.18. The van der Waals surface area contributed by atoms with E-state index in [-0.39, 0.29) is 5.91 Å². The third-order valence-corrected chi connectivity index (χ3v) is 3.12. The molecule has 1 aromatic heterocycles. The fraction of sp³-hybridized carbons (Fsp3) is 0.312. The Balaban J connectivity index is 2.15. The number of hydrogen-bond acceptors (Lipinski definition) is 3. The molecule has 2 rings (SSSR count). The number of nitrogens with one attached hydrogen (secondary N) is 1. The van der Waals surface area contributed by atoms with E-state index in [1.807, 2.05) is 44.2 Å². The number of benzene rings is 1. The first kappa shape index (κ1) is 14.2. The van der Waals surface area contributed by atoms with E-state index >= 15 is 0 Å². The molecule has 106 valence electrons.